The highest BCUT2D eigenvalue weighted by atomic mass is 32.2. The molecule has 0 rings (SSSR count). The maximum absolute atomic E-state index is 11.9. The van der Waals surface area contributed by atoms with Crippen LogP contribution in [0.4, 0.5) is 0 Å². The summed E-state index contributed by atoms with van der Waals surface area (Å²) in [5, 5.41) is 3.20. The minimum atomic E-state index is -3.17. The Balaban J connectivity index is 4.10. The van der Waals surface area contributed by atoms with Gasteiger partial charge in [-0.05, 0) is 19.9 Å². The van der Waals surface area contributed by atoms with Crippen LogP contribution in [0.5, 0.6) is 0 Å². The van der Waals surface area contributed by atoms with E-state index in [2.05, 4.69) is 5.32 Å². The number of likely N-dealkylation sites (N-methyl/N-ethyl adjacent to an activating group) is 1. The number of rotatable bonds is 9. The Morgan fingerprint density at radius 1 is 1.29 bits per heavy atom. The van der Waals surface area contributed by atoms with Gasteiger partial charge in [-0.3, -0.25) is 0 Å². The van der Waals surface area contributed by atoms with Gasteiger partial charge in [0.2, 0.25) is 10.0 Å². The van der Waals surface area contributed by atoms with Crippen LogP contribution in [-0.2, 0) is 14.8 Å². The predicted octanol–water partition coefficient (Wildman–Crippen LogP) is 0.671. The summed E-state index contributed by atoms with van der Waals surface area (Å²) in [6.45, 7) is 7.07. The first-order valence-corrected chi connectivity index (χ1v) is 7.60. The molecule has 5 nitrogen and oxygen atoms in total. The highest BCUT2D eigenvalue weighted by Crippen LogP contribution is 2.06. The zero-order chi connectivity index (χ0) is 13.5. The molecule has 0 saturated heterocycles. The lowest BCUT2D eigenvalue weighted by atomic mass is 10.4. The quantitative estimate of drug-likeness (QED) is 0.623. The van der Waals surface area contributed by atoms with Crippen molar-refractivity contribution in [2.45, 2.75) is 39.3 Å². The summed E-state index contributed by atoms with van der Waals surface area (Å²) < 4.78 is 30.2. The minimum absolute atomic E-state index is 0.122. The maximum Gasteiger partial charge on any atom is 0.214 e. The largest absolute Gasteiger partial charge is 0.383 e. The fraction of sp³-hybridized carbons (Fsp3) is 1.00. The molecule has 17 heavy (non-hydrogen) atoms. The van der Waals surface area contributed by atoms with Gasteiger partial charge < -0.3 is 10.1 Å². The van der Waals surface area contributed by atoms with E-state index in [1.165, 1.54) is 4.31 Å². The lowest BCUT2D eigenvalue weighted by molar-refractivity contribution is 0.149. The minimum Gasteiger partial charge on any atom is -0.383 e. The van der Waals surface area contributed by atoms with Crippen LogP contribution in [0.1, 0.15) is 27.2 Å². The van der Waals surface area contributed by atoms with Crippen LogP contribution in [-0.4, -0.2) is 57.9 Å². The van der Waals surface area contributed by atoms with Crippen LogP contribution in [0.2, 0.25) is 0 Å². The monoisotopic (exact) mass is 266 g/mol. The molecule has 104 valence electrons. The van der Waals surface area contributed by atoms with Gasteiger partial charge in [0.1, 0.15) is 0 Å². The summed E-state index contributed by atoms with van der Waals surface area (Å²) >= 11 is 0. The summed E-state index contributed by atoms with van der Waals surface area (Å²) in [6, 6.07) is 0.269. The average Bonchev–Trinajstić information content (AvgIpc) is 2.23. The van der Waals surface area contributed by atoms with Crippen LogP contribution < -0.4 is 5.32 Å². The molecule has 1 atom stereocenters. The Bertz CT molecular complexity index is 291. The second kappa shape index (κ2) is 8.02. The Labute approximate surface area is 106 Å². The number of sulfonamides is 1. The van der Waals surface area contributed by atoms with Crippen LogP contribution in [0, 0.1) is 0 Å². The van der Waals surface area contributed by atoms with Gasteiger partial charge in [0, 0.05) is 26.2 Å². The molecule has 0 radical (unpaired) electrons. The van der Waals surface area contributed by atoms with Crippen molar-refractivity contribution < 1.29 is 13.2 Å². The van der Waals surface area contributed by atoms with Gasteiger partial charge >= 0.3 is 0 Å². The van der Waals surface area contributed by atoms with Gasteiger partial charge in [0.05, 0.1) is 12.4 Å². The Kier molecular flexibility index (Phi) is 7.94. The molecule has 0 aromatic rings. The van der Waals surface area contributed by atoms with E-state index in [0.717, 1.165) is 6.54 Å². The lowest BCUT2D eigenvalue weighted by Gasteiger charge is -2.23. The third kappa shape index (κ3) is 6.98. The first kappa shape index (κ1) is 16.8. The molecule has 0 saturated carbocycles. The third-order valence-electron chi connectivity index (χ3n) is 2.60. The molecule has 1 unspecified atom stereocenters. The van der Waals surface area contributed by atoms with Gasteiger partial charge in [0.15, 0.2) is 0 Å². The smallest absolute Gasteiger partial charge is 0.214 e. The molecule has 0 aliphatic carbocycles. The van der Waals surface area contributed by atoms with Crippen molar-refractivity contribution in [1.82, 2.24) is 9.62 Å². The molecule has 0 aliphatic rings. The molecule has 1 N–H and O–H groups in total. The van der Waals surface area contributed by atoms with Crippen molar-refractivity contribution in [1.29, 1.82) is 0 Å². The van der Waals surface area contributed by atoms with Crippen molar-refractivity contribution in [3.05, 3.63) is 0 Å². The number of ether oxygens (including phenoxy) is 1. The highest BCUT2D eigenvalue weighted by molar-refractivity contribution is 7.89. The van der Waals surface area contributed by atoms with Crippen LogP contribution in [0.25, 0.3) is 0 Å². The fourth-order valence-corrected chi connectivity index (χ4v) is 2.82. The molecular formula is C11H26N2O3S. The summed E-state index contributed by atoms with van der Waals surface area (Å²) in [6.07, 6.45) is 0.630. The van der Waals surface area contributed by atoms with Crippen molar-refractivity contribution in [3.8, 4) is 0 Å². The molecule has 0 aromatic heterocycles. The third-order valence-corrected chi connectivity index (χ3v) is 4.64. The summed E-state index contributed by atoms with van der Waals surface area (Å²) in [7, 11) is 0.0127. The molecular weight excluding hydrogens is 240 g/mol. The van der Waals surface area contributed by atoms with Crippen LogP contribution >= 0.6 is 0 Å². The zero-order valence-electron chi connectivity index (χ0n) is 11.6. The fourth-order valence-electron chi connectivity index (χ4n) is 1.41. The Morgan fingerprint density at radius 3 is 2.35 bits per heavy atom. The average molecular weight is 266 g/mol. The SMILES string of the molecule is COCC(C)N(C)S(=O)(=O)CCCNC(C)C. The van der Waals surface area contributed by atoms with Crippen molar-refractivity contribution in [3.63, 3.8) is 0 Å². The number of hydrogen-bond donors (Lipinski definition) is 1. The van der Waals surface area contributed by atoms with Crippen LogP contribution in [0.15, 0.2) is 0 Å². The normalized spacial score (nSPS) is 14.5. The maximum atomic E-state index is 11.9. The molecule has 0 spiro atoms. The van der Waals surface area contributed by atoms with E-state index in [4.69, 9.17) is 4.74 Å². The van der Waals surface area contributed by atoms with E-state index in [9.17, 15) is 8.42 Å². The lowest BCUT2D eigenvalue weighted by Crippen LogP contribution is -2.39. The topological polar surface area (TPSA) is 58.6 Å². The molecule has 0 aromatic carbocycles. The Morgan fingerprint density at radius 2 is 1.88 bits per heavy atom. The van der Waals surface area contributed by atoms with Gasteiger partial charge in [0.25, 0.3) is 0 Å². The zero-order valence-corrected chi connectivity index (χ0v) is 12.4. The summed E-state index contributed by atoms with van der Waals surface area (Å²) in [4.78, 5) is 0. The Hall–Kier alpha value is -0.170. The molecule has 6 heteroatoms. The number of hydrogen-bond acceptors (Lipinski definition) is 4. The van der Waals surface area contributed by atoms with Gasteiger partial charge in [-0.25, -0.2) is 8.42 Å². The van der Waals surface area contributed by atoms with E-state index in [0.29, 0.717) is 19.1 Å². The van der Waals surface area contributed by atoms with Crippen molar-refractivity contribution >= 4 is 10.0 Å². The summed E-state index contributed by atoms with van der Waals surface area (Å²) in [5.41, 5.74) is 0. The second-order valence-corrected chi connectivity index (χ2v) is 6.75. The number of nitrogens with zero attached hydrogens (tertiary/aromatic N) is 1. The predicted molar refractivity (Wildman–Crippen MR) is 70.6 cm³/mol. The van der Waals surface area contributed by atoms with Gasteiger partial charge in [-0.2, -0.15) is 4.31 Å². The number of methoxy groups -OCH3 is 1. The summed E-state index contributed by atoms with van der Waals surface area (Å²) in [5.74, 6) is 0.178. The van der Waals surface area contributed by atoms with Gasteiger partial charge in [-0.15, -0.1) is 0 Å². The molecule has 0 bridgehead atoms. The van der Waals surface area contributed by atoms with Crippen molar-refractivity contribution in [2.75, 3.05) is 33.1 Å². The van der Waals surface area contributed by atoms with E-state index in [1.807, 2.05) is 20.8 Å². The van der Waals surface area contributed by atoms with Crippen molar-refractivity contribution in [2.24, 2.45) is 0 Å². The van der Waals surface area contributed by atoms with Gasteiger partial charge in [-0.1, -0.05) is 13.8 Å². The molecule has 0 fully saturated rings. The molecule has 0 heterocycles. The second-order valence-electron chi connectivity index (χ2n) is 4.60. The standard InChI is InChI=1S/C11H26N2O3S/c1-10(2)12-7-6-8-17(14,15)13(4)11(3)9-16-5/h10-12H,6-9H2,1-5H3. The van der Waals surface area contributed by atoms with E-state index >= 15 is 0 Å². The highest BCUT2D eigenvalue weighted by Gasteiger charge is 2.22. The van der Waals surface area contributed by atoms with Crippen LogP contribution in [0.3, 0.4) is 0 Å². The number of nitrogens with one attached hydrogen (secondary N) is 1. The van der Waals surface area contributed by atoms with E-state index < -0.39 is 10.0 Å². The first-order chi connectivity index (χ1) is 7.81. The molecule has 0 amide bonds. The van der Waals surface area contributed by atoms with E-state index in [-0.39, 0.29) is 11.8 Å². The first-order valence-electron chi connectivity index (χ1n) is 5.99. The molecule has 0 aliphatic heterocycles. The van der Waals surface area contributed by atoms with E-state index in [1.54, 1.807) is 14.2 Å².